The third kappa shape index (κ3) is 4.65. The molecular weight excluding hydrogens is 476 g/mol. The van der Waals surface area contributed by atoms with Gasteiger partial charge in [-0.3, -0.25) is 4.79 Å². The lowest BCUT2D eigenvalue weighted by Gasteiger charge is -2.30. The number of sulfonamides is 1. The molecular formula is C17H18BrClN2O4S2. The average molecular weight is 494 g/mol. The molecule has 2 aromatic rings. The van der Waals surface area contributed by atoms with E-state index >= 15 is 0 Å². The van der Waals surface area contributed by atoms with Crippen LogP contribution in [0.1, 0.15) is 12.8 Å². The number of amides is 1. The molecule has 10 heteroatoms. The van der Waals surface area contributed by atoms with Gasteiger partial charge in [-0.15, -0.1) is 11.3 Å². The van der Waals surface area contributed by atoms with Crippen molar-refractivity contribution in [1.29, 1.82) is 0 Å². The summed E-state index contributed by atoms with van der Waals surface area (Å²) in [5.41, 5.74) is 0.549. The molecule has 27 heavy (non-hydrogen) atoms. The summed E-state index contributed by atoms with van der Waals surface area (Å²) in [7, 11) is -2.08. The number of ether oxygens (including phenoxy) is 1. The van der Waals surface area contributed by atoms with Gasteiger partial charge in [-0.2, -0.15) is 4.31 Å². The number of piperidine rings is 1. The van der Waals surface area contributed by atoms with Crippen LogP contribution >= 0.6 is 38.9 Å². The van der Waals surface area contributed by atoms with Gasteiger partial charge in [-0.05, 0) is 59.1 Å². The molecule has 1 atom stereocenters. The van der Waals surface area contributed by atoms with Gasteiger partial charge in [0.05, 0.1) is 21.8 Å². The van der Waals surface area contributed by atoms with E-state index < -0.39 is 15.9 Å². The number of halogens is 2. The smallest absolute Gasteiger partial charge is 0.252 e. The largest absolute Gasteiger partial charge is 0.495 e. The molecule has 1 aromatic heterocycles. The summed E-state index contributed by atoms with van der Waals surface area (Å²) in [4.78, 5) is 12.6. The zero-order chi connectivity index (χ0) is 19.6. The molecule has 1 aliphatic rings. The van der Waals surface area contributed by atoms with Gasteiger partial charge in [-0.1, -0.05) is 11.6 Å². The molecule has 0 bridgehead atoms. The minimum Gasteiger partial charge on any atom is -0.495 e. The first-order valence-electron chi connectivity index (χ1n) is 8.21. The highest BCUT2D eigenvalue weighted by molar-refractivity contribution is 9.11. The lowest BCUT2D eigenvalue weighted by molar-refractivity contribution is -0.120. The number of nitrogens with one attached hydrogen (secondary N) is 1. The molecule has 146 valence electrons. The highest BCUT2D eigenvalue weighted by Crippen LogP contribution is 2.32. The van der Waals surface area contributed by atoms with Gasteiger partial charge in [0.15, 0.2) is 0 Å². The zero-order valence-electron chi connectivity index (χ0n) is 14.4. The van der Waals surface area contributed by atoms with Crippen LogP contribution in [-0.4, -0.2) is 38.8 Å². The van der Waals surface area contributed by atoms with Gasteiger partial charge in [0.25, 0.3) is 10.0 Å². The number of hydrogen-bond acceptors (Lipinski definition) is 5. The second kappa shape index (κ2) is 8.48. The Hall–Kier alpha value is -1.13. The van der Waals surface area contributed by atoms with Crippen LogP contribution < -0.4 is 10.1 Å². The second-order valence-corrected chi connectivity index (χ2v) is 11.1. The molecule has 1 fully saturated rings. The summed E-state index contributed by atoms with van der Waals surface area (Å²) in [6, 6.07) is 8.26. The number of nitrogens with zero attached hydrogens (tertiary/aromatic N) is 1. The first-order valence-corrected chi connectivity index (χ1v) is 11.6. The highest BCUT2D eigenvalue weighted by atomic mass is 79.9. The van der Waals surface area contributed by atoms with Crippen LogP contribution in [-0.2, 0) is 14.8 Å². The van der Waals surface area contributed by atoms with Crippen molar-refractivity contribution in [3.05, 3.63) is 39.1 Å². The molecule has 3 rings (SSSR count). The molecule has 0 radical (unpaired) electrons. The standard InChI is InChI=1S/C17H18BrClN2O4S2/c1-25-14-5-4-12(9-13(14)19)20-17(22)11-3-2-8-21(10-11)27(23,24)16-7-6-15(18)26-16/h4-7,9,11H,2-3,8,10H2,1H3,(H,20,22)/t11-/m0/s1. The number of carbonyl (C=O) groups excluding carboxylic acids is 1. The fraction of sp³-hybridized carbons (Fsp3) is 0.353. The van der Waals surface area contributed by atoms with Gasteiger partial charge in [0.1, 0.15) is 9.96 Å². The summed E-state index contributed by atoms with van der Waals surface area (Å²) in [6.07, 6.45) is 1.27. The van der Waals surface area contributed by atoms with Crippen LogP contribution in [0.5, 0.6) is 5.75 Å². The van der Waals surface area contributed by atoms with Crippen molar-refractivity contribution in [2.45, 2.75) is 17.1 Å². The minimum absolute atomic E-state index is 0.160. The number of benzene rings is 1. The lowest BCUT2D eigenvalue weighted by atomic mass is 9.98. The zero-order valence-corrected chi connectivity index (χ0v) is 18.4. The minimum atomic E-state index is -3.59. The van der Waals surface area contributed by atoms with E-state index in [4.69, 9.17) is 16.3 Å². The molecule has 1 saturated heterocycles. The SMILES string of the molecule is COc1ccc(NC(=O)[C@H]2CCCN(S(=O)(=O)c3ccc(Br)s3)C2)cc1Cl. The average Bonchev–Trinajstić information content (AvgIpc) is 3.09. The summed E-state index contributed by atoms with van der Waals surface area (Å²) in [5.74, 6) is -0.118. The molecule has 1 aliphatic heterocycles. The fourth-order valence-corrected chi connectivity index (χ4v) is 6.87. The Bertz CT molecular complexity index is 948. The fourth-order valence-electron chi connectivity index (χ4n) is 2.93. The quantitative estimate of drug-likeness (QED) is 0.677. The predicted molar refractivity (Wildman–Crippen MR) is 110 cm³/mol. The molecule has 6 nitrogen and oxygen atoms in total. The third-order valence-electron chi connectivity index (χ3n) is 4.32. The van der Waals surface area contributed by atoms with Crippen molar-refractivity contribution in [3.8, 4) is 5.75 Å². The summed E-state index contributed by atoms with van der Waals surface area (Å²) in [5, 5.41) is 3.21. The molecule has 0 aliphatic carbocycles. The maximum atomic E-state index is 12.8. The van der Waals surface area contributed by atoms with Crippen molar-refractivity contribution in [3.63, 3.8) is 0 Å². The van der Waals surface area contributed by atoms with Crippen molar-refractivity contribution in [1.82, 2.24) is 4.31 Å². The number of rotatable bonds is 5. The molecule has 1 amide bonds. The van der Waals surface area contributed by atoms with Crippen LogP contribution in [0.2, 0.25) is 5.02 Å². The first kappa shape index (κ1) is 20.6. The van der Waals surface area contributed by atoms with E-state index in [0.717, 1.165) is 3.79 Å². The van der Waals surface area contributed by atoms with Crippen molar-refractivity contribution < 1.29 is 17.9 Å². The number of methoxy groups -OCH3 is 1. The Balaban J connectivity index is 1.70. The number of anilines is 1. The van der Waals surface area contributed by atoms with Gasteiger partial charge in [0.2, 0.25) is 5.91 Å². The Morgan fingerprint density at radius 2 is 2.15 bits per heavy atom. The van der Waals surface area contributed by atoms with E-state index in [1.165, 1.54) is 22.8 Å². The topological polar surface area (TPSA) is 75.7 Å². The summed E-state index contributed by atoms with van der Waals surface area (Å²) >= 11 is 10.5. The second-order valence-electron chi connectivity index (χ2n) is 6.10. The van der Waals surface area contributed by atoms with E-state index in [2.05, 4.69) is 21.2 Å². The van der Waals surface area contributed by atoms with E-state index in [-0.39, 0.29) is 16.7 Å². The number of hydrogen-bond donors (Lipinski definition) is 1. The summed E-state index contributed by atoms with van der Waals surface area (Å²) in [6.45, 7) is 0.573. The molecule has 0 unspecified atom stereocenters. The molecule has 0 spiro atoms. The lowest BCUT2D eigenvalue weighted by Crippen LogP contribution is -2.43. The highest BCUT2D eigenvalue weighted by Gasteiger charge is 2.34. The predicted octanol–water partition coefficient (Wildman–Crippen LogP) is 4.21. The van der Waals surface area contributed by atoms with Gasteiger partial charge in [-0.25, -0.2) is 8.42 Å². The summed E-state index contributed by atoms with van der Waals surface area (Å²) < 4.78 is 33.1. The first-order chi connectivity index (χ1) is 12.8. The van der Waals surface area contributed by atoms with E-state index in [1.54, 1.807) is 30.3 Å². The Morgan fingerprint density at radius 3 is 2.78 bits per heavy atom. The number of carbonyl (C=O) groups is 1. The van der Waals surface area contributed by atoms with Crippen LogP contribution in [0.15, 0.2) is 38.3 Å². The monoisotopic (exact) mass is 492 g/mol. The third-order valence-corrected chi connectivity index (χ3v) is 8.57. The molecule has 1 aromatic carbocycles. The van der Waals surface area contributed by atoms with Gasteiger partial charge in [0, 0.05) is 18.8 Å². The van der Waals surface area contributed by atoms with Crippen LogP contribution in [0.3, 0.4) is 0 Å². The molecule has 2 heterocycles. The maximum Gasteiger partial charge on any atom is 0.252 e. The van der Waals surface area contributed by atoms with Crippen molar-refractivity contribution >= 4 is 60.5 Å². The van der Waals surface area contributed by atoms with Gasteiger partial charge < -0.3 is 10.1 Å². The maximum absolute atomic E-state index is 12.8. The Morgan fingerprint density at radius 1 is 1.37 bits per heavy atom. The van der Waals surface area contributed by atoms with E-state index in [0.29, 0.717) is 35.8 Å². The van der Waals surface area contributed by atoms with Crippen LogP contribution in [0.25, 0.3) is 0 Å². The van der Waals surface area contributed by atoms with Crippen molar-refractivity contribution in [2.75, 3.05) is 25.5 Å². The molecule has 0 saturated carbocycles. The Labute approximate surface area is 175 Å². The van der Waals surface area contributed by atoms with Crippen molar-refractivity contribution in [2.24, 2.45) is 5.92 Å². The number of thiophene rings is 1. The molecule has 1 N–H and O–H groups in total. The van der Waals surface area contributed by atoms with Crippen LogP contribution in [0.4, 0.5) is 5.69 Å². The van der Waals surface area contributed by atoms with E-state index in [9.17, 15) is 13.2 Å². The van der Waals surface area contributed by atoms with Gasteiger partial charge >= 0.3 is 0 Å². The van der Waals surface area contributed by atoms with E-state index in [1.807, 2.05) is 0 Å². The Kier molecular flexibility index (Phi) is 6.47. The van der Waals surface area contributed by atoms with Crippen LogP contribution in [0, 0.1) is 5.92 Å². The normalized spacial score (nSPS) is 18.3.